The van der Waals surface area contributed by atoms with E-state index in [-0.39, 0.29) is 5.56 Å². The van der Waals surface area contributed by atoms with Crippen molar-refractivity contribution in [1.29, 1.82) is 0 Å². The molecule has 0 spiro atoms. The molecule has 102 valence electrons. The maximum atomic E-state index is 11.9. The zero-order chi connectivity index (χ0) is 13.8. The first-order valence-electron chi connectivity index (χ1n) is 6.10. The van der Waals surface area contributed by atoms with E-state index in [0.717, 1.165) is 13.1 Å². The molecule has 0 aliphatic heterocycles. The second-order valence-corrected chi connectivity index (χ2v) is 5.09. The average molecular weight is 281 g/mol. The van der Waals surface area contributed by atoms with Gasteiger partial charge in [0.15, 0.2) is 0 Å². The van der Waals surface area contributed by atoms with Crippen molar-refractivity contribution in [3.8, 4) is 0 Å². The summed E-state index contributed by atoms with van der Waals surface area (Å²) in [5, 5.41) is 4.37. The third-order valence-electron chi connectivity index (χ3n) is 2.75. The van der Waals surface area contributed by atoms with Crippen LogP contribution < -0.4 is 10.9 Å². The Morgan fingerprint density at radius 1 is 1.42 bits per heavy atom. The Bertz CT molecular complexity index is 624. The van der Waals surface area contributed by atoms with Crippen LogP contribution in [0.5, 0.6) is 0 Å². The van der Waals surface area contributed by atoms with E-state index < -0.39 is 0 Å². The van der Waals surface area contributed by atoms with Crippen molar-refractivity contribution in [3.05, 3.63) is 39.4 Å². The van der Waals surface area contributed by atoms with Gasteiger partial charge in [-0.2, -0.15) is 0 Å². The Morgan fingerprint density at radius 3 is 2.95 bits per heavy atom. The fourth-order valence-corrected chi connectivity index (χ4v) is 1.92. The number of hydrogen-bond acceptors (Lipinski definition) is 4. The Morgan fingerprint density at radius 2 is 2.21 bits per heavy atom. The molecule has 0 saturated heterocycles. The molecule has 0 atom stereocenters. The van der Waals surface area contributed by atoms with Crippen LogP contribution in [0.3, 0.4) is 0 Å². The Hall–Kier alpha value is -1.43. The number of rotatable bonds is 5. The molecule has 0 fully saturated rings. The highest BCUT2D eigenvalue weighted by atomic mass is 35.5. The lowest BCUT2D eigenvalue weighted by molar-refractivity contribution is 0.398. The topological polar surface area (TPSA) is 61.0 Å². The molecule has 1 heterocycles. The number of nitrogens with one attached hydrogen (secondary N) is 2. The van der Waals surface area contributed by atoms with Crippen molar-refractivity contribution in [2.24, 2.45) is 0 Å². The predicted octanol–water partition coefficient (Wildman–Crippen LogP) is 1.23. The van der Waals surface area contributed by atoms with E-state index in [1.54, 1.807) is 18.2 Å². The van der Waals surface area contributed by atoms with Gasteiger partial charge in [0.2, 0.25) is 0 Å². The fourth-order valence-electron chi connectivity index (χ4n) is 1.75. The minimum atomic E-state index is -0.133. The Kier molecular flexibility index (Phi) is 4.52. The molecule has 5 nitrogen and oxygen atoms in total. The number of likely N-dealkylation sites (N-methyl/N-ethyl adjacent to an activating group) is 1. The third-order valence-corrected chi connectivity index (χ3v) is 2.98. The summed E-state index contributed by atoms with van der Waals surface area (Å²) in [6.07, 6.45) is 0. The van der Waals surface area contributed by atoms with E-state index in [1.807, 2.05) is 14.1 Å². The van der Waals surface area contributed by atoms with Gasteiger partial charge in [-0.05, 0) is 32.3 Å². The van der Waals surface area contributed by atoms with Gasteiger partial charge in [0.05, 0.1) is 17.4 Å². The van der Waals surface area contributed by atoms with E-state index >= 15 is 0 Å². The molecule has 19 heavy (non-hydrogen) atoms. The average Bonchev–Trinajstić information content (AvgIpc) is 2.34. The van der Waals surface area contributed by atoms with Gasteiger partial charge in [-0.25, -0.2) is 4.98 Å². The summed E-state index contributed by atoms with van der Waals surface area (Å²) in [6.45, 7) is 2.31. The third kappa shape index (κ3) is 3.76. The SMILES string of the molecule is CN(C)CCNCc1nc2cc(Cl)ccc2c(=O)[nH]1. The molecule has 0 aliphatic rings. The van der Waals surface area contributed by atoms with Gasteiger partial charge in [0, 0.05) is 18.1 Å². The first-order chi connectivity index (χ1) is 9.06. The highest BCUT2D eigenvalue weighted by Gasteiger charge is 2.04. The van der Waals surface area contributed by atoms with Crippen LogP contribution in [0.2, 0.25) is 5.02 Å². The van der Waals surface area contributed by atoms with Gasteiger partial charge in [0.1, 0.15) is 5.82 Å². The largest absolute Gasteiger partial charge is 0.309 e. The number of nitrogens with zero attached hydrogens (tertiary/aromatic N) is 2. The molecule has 1 aromatic heterocycles. The number of aromatic nitrogens is 2. The normalized spacial score (nSPS) is 11.4. The van der Waals surface area contributed by atoms with E-state index in [2.05, 4.69) is 20.2 Å². The van der Waals surface area contributed by atoms with Crippen molar-refractivity contribution >= 4 is 22.5 Å². The predicted molar refractivity (Wildman–Crippen MR) is 77.6 cm³/mol. The molecule has 2 N–H and O–H groups in total. The number of hydrogen-bond donors (Lipinski definition) is 2. The maximum absolute atomic E-state index is 11.9. The van der Waals surface area contributed by atoms with Gasteiger partial charge >= 0.3 is 0 Å². The number of benzene rings is 1. The van der Waals surface area contributed by atoms with Gasteiger partial charge < -0.3 is 15.2 Å². The van der Waals surface area contributed by atoms with E-state index in [0.29, 0.717) is 28.3 Å². The molecule has 2 aromatic rings. The van der Waals surface area contributed by atoms with Crippen molar-refractivity contribution in [2.45, 2.75) is 6.54 Å². The Labute approximate surface area is 116 Å². The van der Waals surface area contributed by atoms with Crippen LogP contribution in [0.4, 0.5) is 0 Å². The minimum Gasteiger partial charge on any atom is -0.309 e. The highest BCUT2D eigenvalue weighted by molar-refractivity contribution is 6.31. The molecule has 0 saturated carbocycles. The highest BCUT2D eigenvalue weighted by Crippen LogP contribution is 2.14. The van der Waals surface area contributed by atoms with Gasteiger partial charge in [0.25, 0.3) is 5.56 Å². The molecule has 0 unspecified atom stereocenters. The molecule has 0 amide bonds. The summed E-state index contributed by atoms with van der Waals surface area (Å²) >= 11 is 5.91. The van der Waals surface area contributed by atoms with Crippen LogP contribution in [-0.2, 0) is 6.54 Å². The lowest BCUT2D eigenvalue weighted by Gasteiger charge is -2.10. The maximum Gasteiger partial charge on any atom is 0.258 e. The molecular formula is C13H17ClN4O. The first-order valence-corrected chi connectivity index (χ1v) is 6.48. The van der Waals surface area contributed by atoms with Crippen LogP contribution in [0, 0.1) is 0 Å². The van der Waals surface area contributed by atoms with Crippen LogP contribution in [0.15, 0.2) is 23.0 Å². The number of aromatic amines is 1. The fraction of sp³-hybridized carbons (Fsp3) is 0.385. The van der Waals surface area contributed by atoms with E-state index in [9.17, 15) is 4.79 Å². The first kappa shape index (κ1) is 14.0. The van der Waals surface area contributed by atoms with Gasteiger partial charge in [-0.15, -0.1) is 0 Å². The number of fused-ring (bicyclic) bond motifs is 1. The quantitative estimate of drug-likeness (QED) is 0.809. The Balaban J connectivity index is 2.14. The molecule has 6 heteroatoms. The molecule has 0 radical (unpaired) electrons. The minimum absolute atomic E-state index is 0.133. The standard InChI is InChI=1S/C13H17ClN4O/c1-18(2)6-5-15-8-12-16-11-7-9(14)3-4-10(11)13(19)17-12/h3-4,7,15H,5-6,8H2,1-2H3,(H,16,17,19). The van der Waals surface area contributed by atoms with Crippen molar-refractivity contribution in [3.63, 3.8) is 0 Å². The molecule has 1 aromatic carbocycles. The van der Waals surface area contributed by atoms with E-state index in [1.165, 1.54) is 0 Å². The van der Waals surface area contributed by atoms with Crippen molar-refractivity contribution in [2.75, 3.05) is 27.2 Å². The molecular weight excluding hydrogens is 264 g/mol. The summed E-state index contributed by atoms with van der Waals surface area (Å²) in [7, 11) is 4.03. The second-order valence-electron chi connectivity index (χ2n) is 4.65. The van der Waals surface area contributed by atoms with Crippen LogP contribution in [0.1, 0.15) is 5.82 Å². The smallest absolute Gasteiger partial charge is 0.258 e. The lowest BCUT2D eigenvalue weighted by atomic mass is 10.2. The molecule has 0 aliphatic carbocycles. The van der Waals surface area contributed by atoms with E-state index in [4.69, 9.17) is 11.6 Å². The number of H-pyrrole nitrogens is 1. The van der Waals surface area contributed by atoms with Crippen LogP contribution in [0.25, 0.3) is 10.9 Å². The van der Waals surface area contributed by atoms with Gasteiger partial charge in [-0.3, -0.25) is 4.79 Å². The van der Waals surface area contributed by atoms with Crippen molar-refractivity contribution < 1.29 is 0 Å². The lowest BCUT2D eigenvalue weighted by Crippen LogP contribution is -2.27. The van der Waals surface area contributed by atoms with Crippen LogP contribution >= 0.6 is 11.6 Å². The summed E-state index contributed by atoms with van der Waals surface area (Å²) in [5.74, 6) is 0.624. The number of halogens is 1. The second kappa shape index (κ2) is 6.14. The summed E-state index contributed by atoms with van der Waals surface area (Å²) < 4.78 is 0. The monoisotopic (exact) mass is 280 g/mol. The summed E-state index contributed by atoms with van der Waals surface area (Å²) in [5.41, 5.74) is 0.492. The summed E-state index contributed by atoms with van der Waals surface area (Å²) in [6, 6.07) is 5.08. The molecule has 0 bridgehead atoms. The zero-order valence-electron chi connectivity index (χ0n) is 11.0. The van der Waals surface area contributed by atoms with Crippen molar-refractivity contribution in [1.82, 2.24) is 20.2 Å². The zero-order valence-corrected chi connectivity index (χ0v) is 11.8. The van der Waals surface area contributed by atoms with Crippen LogP contribution in [-0.4, -0.2) is 42.1 Å². The molecule has 2 rings (SSSR count). The summed E-state index contributed by atoms with van der Waals surface area (Å²) in [4.78, 5) is 21.1. The van der Waals surface area contributed by atoms with Gasteiger partial charge in [-0.1, -0.05) is 11.6 Å².